The van der Waals surface area contributed by atoms with Crippen molar-refractivity contribution in [3.63, 3.8) is 0 Å². The third kappa shape index (κ3) is 2.03. The zero-order valence-corrected chi connectivity index (χ0v) is 9.32. The molecule has 2 nitrogen and oxygen atoms in total. The third-order valence-corrected chi connectivity index (χ3v) is 4.57. The minimum atomic E-state index is -0.0511. The molecule has 2 heterocycles. The first-order chi connectivity index (χ1) is 6.21. The number of thioether (sulfide) groups is 1. The summed E-state index contributed by atoms with van der Waals surface area (Å²) in [4.78, 5) is 0. The Kier molecular flexibility index (Phi) is 2.86. The molecule has 13 heavy (non-hydrogen) atoms. The summed E-state index contributed by atoms with van der Waals surface area (Å²) in [6.07, 6.45) is 4.06. The lowest BCUT2D eigenvalue weighted by Crippen LogP contribution is -2.49. The van der Waals surface area contributed by atoms with Crippen LogP contribution in [-0.4, -0.2) is 29.4 Å². The van der Waals surface area contributed by atoms with Crippen molar-refractivity contribution >= 4 is 11.8 Å². The van der Waals surface area contributed by atoms with Crippen molar-refractivity contribution in [1.29, 1.82) is 0 Å². The van der Waals surface area contributed by atoms with Crippen LogP contribution in [0.3, 0.4) is 0 Å². The highest BCUT2D eigenvalue weighted by Crippen LogP contribution is 2.35. The van der Waals surface area contributed by atoms with Crippen LogP contribution in [0.1, 0.15) is 33.1 Å². The molecule has 1 N–H and O–H groups in total. The quantitative estimate of drug-likeness (QED) is 0.701. The van der Waals surface area contributed by atoms with Crippen molar-refractivity contribution in [2.75, 3.05) is 12.4 Å². The molecule has 0 aromatic heterocycles. The van der Waals surface area contributed by atoms with E-state index in [9.17, 15) is 0 Å². The van der Waals surface area contributed by atoms with Gasteiger partial charge in [0.2, 0.25) is 0 Å². The lowest BCUT2D eigenvalue weighted by Gasteiger charge is -2.35. The Morgan fingerprint density at radius 2 is 2.31 bits per heavy atom. The molecule has 3 heteroatoms. The van der Waals surface area contributed by atoms with Crippen molar-refractivity contribution in [3.8, 4) is 0 Å². The minimum Gasteiger partial charge on any atom is -0.358 e. The molecule has 3 unspecified atom stereocenters. The summed E-state index contributed by atoms with van der Waals surface area (Å²) < 4.78 is 5.86. The Bertz CT molecular complexity index is 182. The van der Waals surface area contributed by atoms with Crippen LogP contribution in [0.2, 0.25) is 0 Å². The maximum absolute atomic E-state index is 5.86. The standard InChI is InChI=1S/C10H19NOS/c1-8-7-12-10(2,11-8)9-5-3-4-6-13-9/h8-9,11H,3-7H2,1-2H3. The van der Waals surface area contributed by atoms with E-state index in [0.717, 1.165) is 6.61 Å². The summed E-state index contributed by atoms with van der Waals surface area (Å²) in [5, 5.41) is 4.22. The van der Waals surface area contributed by atoms with Crippen LogP contribution in [-0.2, 0) is 4.74 Å². The van der Waals surface area contributed by atoms with Crippen molar-refractivity contribution in [2.45, 2.75) is 50.1 Å². The molecule has 2 fully saturated rings. The molecular weight excluding hydrogens is 182 g/mol. The van der Waals surface area contributed by atoms with Crippen molar-refractivity contribution in [1.82, 2.24) is 5.32 Å². The maximum Gasteiger partial charge on any atom is 0.128 e. The highest BCUT2D eigenvalue weighted by molar-refractivity contribution is 8.00. The Labute approximate surface area is 84.8 Å². The topological polar surface area (TPSA) is 21.3 Å². The summed E-state index contributed by atoms with van der Waals surface area (Å²) >= 11 is 2.07. The SMILES string of the molecule is CC1COC(C)(C2CCCCS2)N1. The zero-order valence-electron chi connectivity index (χ0n) is 8.51. The molecule has 0 aromatic carbocycles. The molecule has 0 aromatic rings. The van der Waals surface area contributed by atoms with Crippen LogP contribution >= 0.6 is 11.8 Å². The van der Waals surface area contributed by atoms with Crippen LogP contribution in [0.5, 0.6) is 0 Å². The summed E-state index contributed by atoms with van der Waals surface area (Å²) in [6.45, 7) is 5.27. The van der Waals surface area contributed by atoms with Gasteiger partial charge >= 0.3 is 0 Å². The second kappa shape index (κ2) is 3.79. The van der Waals surface area contributed by atoms with Crippen molar-refractivity contribution in [2.24, 2.45) is 0 Å². The fourth-order valence-electron chi connectivity index (χ4n) is 2.23. The third-order valence-electron chi connectivity index (χ3n) is 2.96. The minimum absolute atomic E-state index is 0.0511. The molecule has 0 amide bonds. The van der Waals surface area contributed by atoms with Gasteiger partial charge in [-0.15, -0.1) is 0 Å². The van der Waals surface area contributed by atoms with Gasteiger partial charge in [0.1, 0.15) is 5.72 Å². The predicted molar refractivity (Wildman–Crippen MR) is 57.1 cm³/mol. The van der Waals surface area contributed by atoms with Gasteiger partial charge in [0, 0.05) is 11.3 Å². The summed E-state index contributed by atoms with van der Waals surface area (Å²) in [6, 6.07) is 0.521. The molecule has 0 radical (unpaired) electrons. The highest BCUT2D eigenvalue weighted by atomic mass is 32.2. The van der Waals surface area contributed by atoms with Gasteiger partial charge in [-0.1, -0.05) is 6.42 Å². The van der Waals surface area contributed by atoms with E-state index >= 15 is 0 Å². The van der Waals surface area contributed by atoms with Crippen molar-refractivity contribution < 1.29 is 4.74 Å². The molecule has 0 aliphatic carbocycles. The Morgan fingerprint density at radius 1 is 1.46 bits per heavy atom. The summed E-state index contributed by atoms with van der Waals surface area (Å²) in [7, 11) is 0. The van der Waals surface area contributed by atoms with E-state index in [0.29, 0.717) is 11.3 Å². The van der Waals surface area contributed by atoms with Gasteiger partial charge in [-0.25, -0.2) is 0 Å². The largest absolute Gasteiger partial charge is 0.358 e. The second-order valence-electron chi connectivity index (χ2n) is 4.32. The molecule has 0 saturated carbocycles. The molecule has 2 rings (SSSR count). The van der Waals surface area contributed by atoms with Gasteiger partial charge in [0.15, 0.2) is 0 Å². The van der Waals surface area contributed by atoms with Crippen LogP contribution in [0.4, 0.5) is 0 Å². The summed E-state index contributed by atoms with van der Waals surface area (Å²) in [5.74, 6) is 1.31. The van der Waals surface area contributed by atoms with Gasteiger partial charge < -0.3 is 4.74 Å². The molecule has 2 saturated heterocycles. The van der Waals surface area contributed by atoms with E-state index < -0.39 is 0 Å². The number of hydrogen-bond acceptors (Lipinski definition) is 3. The zero-order chi connectivity index (χ0) is 9.31. The van der Waals surface area contributed by atoms with Gasteiger partial charge in [-0.05, 0) is 32.4 Å². The Hall–Kier alpha value is 0.270. The highest BCUT2D eigenvalue weighted by Gasteiger charge is 2.41. The van der Waals surface area contributed by atoms with Crippen LogP contribution < -0.4 is 5.32 Å². The lowest BCUT2D eigenvalue weighted by molar-refractivity contribution is 0.00218. The van der Waals surface area contributed by atoms with Crippen LogP contribution in [0, 0.1) is 0 Å². The van der Waals surface area contributed by atoms with Crippen LogP contribution in [0.25, 0.3) is 0 Å². The first-order valence-electron chi connectivity index (χ1n) is 5.24. The van der Waals surface area contributed by atoms with Crippen LogP contribution in [0.15, 0.2) is 0 Å². The first kappa shape index (κ1) is 9.81. The van der Waals surface area contributed by atoms with Gasteiger partial charge in [-0.2, -0.15) is 11.8 Å². The predicted octanol–water partition coefficient (Wildman–Crippen LogP) is 2.00. The van der Waals surface area contributed by atoms with Gasteiger partial charge in [0.05, 0.1) is 6.61 Å². The molecule has 0 spiro atoms. The maximum atomic E-state index is 5.86. The monoisotopic (exact) mass is 201 g/mol. The Balaban J connectivity index is 1.97. The van der Waals surface area contributed by atoms with Crippen molar-refractivity contribution in [3.05, 3.63) is 0 Å². The average molecular weight is 201 g/mol. The molecule has 3 atom stereocenters. The number of hydrogen-bond donors (Lipinski definition) is 1. The lowest BCUT2D eigenvalue weighted by atomic mass is 10.1. The molecule has 2 aliphatic heterocycles. The fraction of sp³-hybridized carbons (Fsp3) is 1.00. The van der Waals surface area contributed by atoms with E-state index in [4.69, 9.17) is 4.74 Å². The average Bonchev–Trinajstić information content (AvgIpc) is 2.49. The smallest absolute Gasteiger partial charge is 0.128 e. The van der Waals surface area contributed by atoms with E-state index in [1.54, 1.807) is 0 Å². The van der Waals surface area contributed by atoms with Gasteiger partial charge in [0.25, 0.3) is 0 Å². The van der Waals surface area contributed by atoms with Gasteiger partial charge in [-0.3, -0.25) is 5.32 Å². The normalized spacial score (nSPS) is 46.6. The molecular formula is C10H19NOS. The Morgan fingerprint density at radius 3 is 2.85 bits per heavy atom. The van der Waals surface area contributed by atoms with E-state index in [-0.39, 0.29) is 5.72 Å². The number of ether oxygens (including phenoxy) is 1. The number of nitrogens with one attached hydrogen (secondary N) is 1. The molecule has 76 valence electrons. The van der Waals surface area contributed by atoms with E-state index in [1.807, 2.05) is 0 Å². The second-order valence-corrected chi connectivity index (χ2v) is 5.63. The molecule has 0 bridgehead atoms. The van der Waals surface area contributed by atoms with E-state index in [1.165, 1.54) is 25.0 Å². The molecule has 2 aliphatic rings. The fourth-order valence-corrected chi connectivity index (χ4v) is 3.67. The summed E-state index contributed by atoms with van der Waals surface area (Å²) in [5.41, 5.74) is -0.0511. The number of rotatable bonds is 1. The first-order valence-corrected chi connectivity index (χ1v) is 6.29. The van der Waals surface area contributed by atoms with E-state index in [2.05, 4.69) is 30.9 Å².